The first-order chi connectivity index (χ1) is 5.25. The summed E-state index contributed by atoms with van der Waals surface area (Å²) in [6, 6.07) is 0. The highest BCUT2D eigenvalue weighted by Crippen LogP contribution is 2.10. The molecule has 1 heterocycles. The molecule has 0 aromatic carbocycles. The summed E-state index contributed by atoms with van der Waals surface area (Å²) in [6.07, 6.45) is -0.575. The van der Waals surface area contributed by atoms with Crippen LogP contribution in [0.2, 0.25) is 0 Å². The number of carbonyl (C=O) groups excluding carboxylic acids is 1. The second-order valence-electron chi connectivity index (χ2n) is 2.58. The lowest BCUT2D eigenvalue weighted by molar-refractivity contribution is -0.150. The van der Waals surface area contributed by atoms with Crippen LogP contribution < -0.4 is 5.32 Å². The van der Waals surface area contributed by atoms with Crippen molar-refractivity contribution < 1.29 is 14.6 Å². The topological polar surface area (TPSA) is 58.6 Å². The number of rotatable bonds is 2. The van der Waals surface area contributed by atoms with Gasteiger partial charge in [-0.1, -0.05) is 0 Å². The Morgan fingerprint density at radius 2 is 2.33 bits per heavy atom. The zero-order chi connectivity index (χ0) is 8.27. The summed E-state index contributed by atoms with van der Waals surface area (Å²) < 4.78 is 4.76. The minimum Gasteiger partial charge on any atom is -0.466 e. The van der Waals surface area contributed by atoms with Crippen molar-refractivity contribution in [2.24, 2.45) is 5.92 Å². The Morgan fingerprint density at radius 3 is 2.75 bits per heavy atom. The monoisotopic (exact) mass is 195 g/mol. The molecule has 0 unspecified atom stereocenters. The van der Waals surface area contributed by atoms with Crippen molar-refractivity contribution in [3.05, 3.63) is 0 Å². The van der Waals surface area contributed by atoms with Gasteiger partial charge in [-0.25, -0.2) is 0 Å². The van der Waals surface area contributed by atoms with E-state index >= 15 is 0 Å². The van der Waals surface area contributed by atoms with Crippen molar-refractivity contribution in [2.75, 3.05) is 19.7 Å². The van der Waals surface area contributed by atoms with Gasteiger partial charge in [-0.05, 0) is 6.92 Å². The van der Waals surface area contributed by atoms with Crippen molar-refractivity contribution in [1.82, 2.24) is 5.32 Å². The van der Waals surface area contributed by atoms with E-state index in [1.165, 1.54) is 0 Å². The molecule has 1 aliphatic heterocycles. The number of β-amino-alcohol motifs (C(OH)–C–C–N with tert-alkyl or cyclic N) is 1. The first-order valence-corrected chi connectivity index (χ1v) is 3.81. The van der Waals surface area contributed by atoms with E-state index in [0.29, 0.717) is 19.7 Å². The molecule has 1 fully saturated rings. The standard InChI is InChI=1S/C7H13NO3.ClH/c1-2-11-7(10)5-3-8-4-6(5)9;/h5-6,8-9H,2-4H2,1H3;1H/t5-,6-;/m0./s1. The molecule has 0 aromatic heterocycles. The van der Waals surface area contributed by atoms with E-state index in [2.05, 4.69) is 5.32 Å². The van der Waals surface area contributed by atoms with Crippen LogP contribution in [0.4, 0.5) is 0 Å². The van der Waals surface area contributed by atoms with Crippen molar-refractivity contribution in [2.45, 2.75) is 13.0 Å². The van der Waals surface area contributed by atoms with Gasteiger partial charge in [-0.15, -0.1) is 12.4 Å². The van der Waals surface area contributed by atoms with E-state index in [4.69, 9.17) is 4.74 Å². The fourth-order valence-corrected chi connectivity index (χ4v) is 1.15. The fourth-order valence-electron chi connectivity index (χ4n) is 1.15. The van der Waals surface area contributed by atoms with Gasteiger partial charge in [0.25, 0.3) is 0 Å². The molecule has 72 valence electrons. The molecule has 0 amide bonds. The molecule has 0 saturated carbocycles. The first kappa shape index (κ1) is 11.7. The number of aliphatic hydroxyl groups is 1. The maximum absolute atomic E-state index is 11.0. The Bertz CT molecular complexity index is 154. The molecule has 2 N–H and O–H groups in total. The van der Waals surface area contributed by atoms with E-state index in [0.717, 1.165) is 0 Å². The summed E-state index contributed by atoms with van der Waals surface area (Å²) in [7, 11) is 0. The third-order valence-corrected chi connectivity index (χ3v) is 1.77. The highest BCUT2D eigenvalue weighted by molar-refractivity contribution is 5.85. The van der Waals surface area contributed by atoms with E-state index < -0.39 is 6.10 Å². The molecule has 0 radical (unpaired) electrons. The molecule has 0 aromatic rings. The molecular formula is C7H14ClNO3. The largest absolute Gasteiger partial charge is 0.466 e. The van der Waals surface area contributed by atoms with Gasteiger partial charge in [-0.3, -0.25) is 4.79 Å². The quantitative estimate of drug-likeness (QED) is 0.587. The van der Waals surface area contributed by atoms with Crippen molar-refractivity contribution >= 4 is 18.4 Å². The van der Waals surface area contributed by atoms with Crippen molar-refractivity contribution in [3.63, 3.8) is 0 Å². The lowest BCUT2D eigenvalue weighted by atomic mass is 10.1. The average Bonchev–Trinajstić information content (AvgIpc) is 2.36. The third-order valence-electron chi connectivity index (χ3n) is 1.77. The van der Waals surface area contributed by atoms with Gasteiger partial charge in [0.1, 0.15) is 0 Å². The molecular weight excluding hydrogens is 182 g/mol. The summed E-state index contributed by atoms with van der Waals surface area (Å²) in [4.78, 5) is 11.0. The van der Waals surface area contributed by atoms with Crippen LogP contribution in [0.3, 0.4) is 0 Å². The van der Waals surface area contributed by atoms with Crippen LogP contribution in [-0.4, -0.2) is 36.9 Å². The van der Waals surface area contributed by atoms with Crippen LogP contribution in [0.15, 0.2) is 0 Å². The Kier molecular flexibility index (Phi) is 5.20. The Balaban J connectivity index is 0.00000121. The molecule has 0 spiro atoms. The molecule has 0 aliphatic carbocycles. The summed E-state index contributed by atoms with van der Waals surface area (Å²) in [5.74, 6) is -0.667. The molecule has 1 saturated heterocycles. The molecule has 0 bridgehead atoms. The normalized spacial score (nSPS) is 27.8. The lowest BCUT2D eigenvalue weighted by Crippen LogP contribution is -2.28. The van der Waals surface area contributed by atoms with E-state index in [1.807, 2.05) is 0 Å². The van der Waals surface area contributed by atoms with Crippen LogP contribution in [0.1, 0.15) is 6.92 Å². The maximum Gasteiger partial charge on any atom is 0.312 e. The number of ether oxygens (including phenoxy) is 1. The number of hydrogen-bond acceptors (Lipinski definition) is 4. The molecule has 2 atom stereocenters. The van der Waals surface area contributed by atoms with Crippen LogP contribution in [0, 0.1) is 5.92 Å². The average molecular weight is 196 g/mol. The van der Waals surface area contributed by atoms with Gasteiger partial charge in [-0.2, -0.15) is 0 Å². The lowest BCUT2D eigenvalue weighted by Gasteiger charge is -2.10. The van der Waals surface area contributed by atoms with Gasteiger partial charge >= 0.3 is 5.97 Å². The minimum atomic E-state index is -0.575. The maximum atomic E-state index is 11.0. The summed E-state index contributed by atoms with van der Waals surface area (Å²) in [5, 5.41) is 12.1. The summed E-state index contributed by atoms with van der Waals surface area (Å²) in [5.41, 5.74) is 0. The molecule has 1 rings (SSSR count). The van der Waals surface area contributed by atoms with Crippen molar-refractivity contribution in [3.8, 4) is 0 Å². The Morgan fingerprint density at radius 1 is 1.67 bits per heavy atom. The van der Waals surface area contributed by atoms with Crippen LogP contribution in [0.25, 0.3) is 0 Å². The molecule has 4 nitrogen and oxygen atoms in total. The van der Waals surface area contributed by atoms with Gasteiger partial charge in [0.15, 0.2) is 0 Å². The third kappa shape index (κ3) is 2.62. The summed E-state index contributed by atoms with van der Waals surface area (Å²) >= 11 is 0. The first-order valence-electron chi connectivity index (χ1n) is 3.81. The Hall–Kier alpha value is -0.320. The number of aliphatic hydroxyl groups excluding tert-OH is 1. The smallest absolute Gasteiger partial charge is 0.312 e. The van der Waals surface area contributed by atoms with Crippen LogP contribution >= 0.6 is 12.4 Å². The number of halogens is 1. The van der Waals surface area contributed by atoms with E-state index in [9.17, 15) is 9.90 Å². The van der Waals surface area contributed by atoms with Crippen LogP contribution in [0.5, 0.6) is 0 Å². The van der Waals surface area contributed by atoms with Gasteiger partial charge in [0, 0.05) is 13.1 Å². The number of hydrogen-bond donors (Lipinski definition) is 2. The fraction of sp³-hybridized carbons (Fsp3) is 0.857. The van der Waals surface area contributed by atoms with Gasteiger partial charge in [0.05, 0.1) is 18.6 Å². The van der Waals surface area contributed by atoms with Gasteiger partial charge < -0.3 is 15.2 Å². The van der Waals surface area contributed by atoms with Crippen LogP contribution in [-0.2, 0) is 9.53 Å². The molecule has 5 heteroatoms. The second kappa shape index (κ2) is 5.35. The number of carbonyl (C=O) groups is 1. The minimum absolute atomic E-state index is 0. The SMILES string of the molecule is CCOC(=O)[C@H]1CNC[C@@H]1O.Cl. The van der Waals surface area contributed by atoms with E-state index in [-0.39, 0.29) is 24.3 Å². The molecule has 12 heavy (non-hydrogen) atoms. The molecule has 1 aliphatic rings. The highest BCUT2D eigenvalue weighted by atomic mass is 35.5. The van der Waals surface area contributed by atoms with Gasteiger partial charge in [0.2, 0.25) is 0 Å². The number of esters is 1. The highest BCUT2D eigenvalue weighted by Gasteiger charge is 2.32. The number of nitrogens with one attached hydrogen (secondary N) is 1. The predicted octanol–water partition coefficient (Wildman–Crippen LogP) is -0.448. The summed E-state index contributed by atoms with van der Waals surface area (Å²) in [6.45, 7) is 3.15. The zero-order valence-corrected chi connectivity index (χ0v) is 7.76. The zero-order valence-electron chi connectivity index (χ0n) is 6.95. The Labute approximate surface area is 77.7 Å². The van der Waals surface area contributed by atoms with Crippen molar-refractivity contribution in [1.29, 1.82) is 0 Å². The van der Waals surface area contributed by atoms with E-state index in [1.54, 1.807) is 6.92 Å². The second-order valence-corrected chi connectivity index (χ2v) is 2.58. The predicted molar refractivity (Wildman–Crippen MR) is 46.2 cm³/mol.